The van der Waals surface area contributed by atoms with Crippen molar-refractivity contribution in [1.29, 1.82) is 0 Å². The van der Waals surface area contributed by atoms with Gasteiger partial charge in [0.1, 0.15) is 6.04 Å². The van der Waals surface area contributed by atoms with Crippen molar-refractivity contribution in [2.24, 2.45) is 17.3 Å². The summed E-state index contributed by atoms with van der Waals surface area (Å²) in [7, 11) is 0. The molecule has 1 heterocycles. The van der Waals surface area contributed by atoms with Crippen LogP contribution in [0.4, 0.5) is 4.79 Å². The van der Waals surface area contributed by atoms with E-state index in [1.54, 1.807) is 25.7 Å². The van der Waals surface area contributed by atoms with Crippen molar-refractivity contribution in [3.05, 3.63) is 0 Å². The Morgan fingerprint density at radius 3 is 2.00 bits per heavy atom. The van der Waals surface area contributed by atoms with Gasteiger partial charge in [0.2, 0.25) is 0 Å². The van der Waals surface area contributed by atoms with E-state index < -0.39 is 17.4 Å². The van der Waals surface area contributed by atoms with Crippen molar-refractivity contribution in [3.8, 4) is 0 Å². The van der Waals surface area contributed by atoms with Crippen LogP contribution in [0.2, 0.25) is 0 Å². The predicted octanol–water partition coefficient (Wildman–Crippen LogP) is 1.78. The Bertz CT molecular complexity index is 326. The molecule has 104 valence electrons. The number of likely N-dealkylation sites (tertiary alicyclic amines) is 1. The summed E-state index contributed by atoms with van der Waals surface area (Å²) in [4.78, 5) is 24.9. The van der Waals surface area contributed by atoms with Gasteiger partial charge >= 0.3 is 12.0 Å². The molecule has 0 aromatic heterocycles. The summed E-state index contributed by atoms with van der Waals surface area (Å²) in [5, 5.41) is 11.8. The van der Waals surface area contributed by atoms with Crippen LogP contribution in [0.5, 0.6) is 0 Å². The van der Waals surface area contributed by atoms with E-state index in [4.69, 9.17) is 0 Å². The Labute approximate surface area is 109 Å². The summed E-state index contributed by atoms with van der Waals surface area (Å²) < 4.78 is 0. The number of carboxylic acids is 1. The molecule has 18 heavy (non-hydrogen) atoms. The van der Waals surface area contributed by atoms with E-state index >= 15 is 0 Å². The van der Waals surface area contributed by atoms with Gasteiger partial charge in [-0.1, -0.05) is 34.6 Å². The number of carbonyl (C=O) groups excluding carboxylic acids is 1. The minimum absolute atomic E-state index is 0.270. The van der Waals surface area contributed by atoms with Gasteiger partial charge in [0, 0.05) is 13.1 Å². The van der Waals surface area contributed by atoms with E-state index in [-0.39, 0.29) is 6.03 Å². The van der Waals surface area contributed by atoms with Gasteiger partial charge in [0.15, 0.2) is 0 Å². The number of nitrogens with one attached hydrogen (secondary N) is 1. The maximum absolute atomic E-state index is 12.0. The first-order valence-electron chi connectivity index (χ1n) is 6.41. The smallest absolute Gasteiger partial charge is 0.326 e. The first-order chi connectivity index (χ1) is 8.12. The fraction of sp³-hybridized carbons (Fsp3) is 0.846. The molecule has 0 bridgehead atoms. The largest absolute Gasteiger partial charge is 0.480 e. The highest BCUT2D eigenvalue weighted by atomic mass is 16.4. The molecule has 0 aromatic rings. The van der Waals surface area contributed by atoms with Gasteiger partial charge in [-0.2, -0.15) is 0 Å². The molecule has 1 rings (SSSR count). The minimum Gasteiger partial charge on any atom is -0.480 e. The lowest BCUT2D eigenvalue weighted by Gasteiger charge is -2.29. The van der Waals surface area contributed by atoms with Crippen LogP contribution in [0.15, 0.2) is 0 Å². The monoisotopic (exact) mass is 256 g/mol. The number of hydrogen-bond acceptors (Lipinski definition) is 2. The van der Waals surface area contributed by atoms with Gasteiger partial charge in [-0.05, 0) is 17.3 Å². The standard InChI is InChI=1S/C13H24N2O3/c1-8-6-15(7-9(8)2)12(18)14-10(11(16)17)13(3,4)5/h8-10H,6-7H2,1-5H3,(H,14,18)(H,16,17)/t8?,9?,10-/m1/s1. The molecule has 0 aromatic carbocycles. The fourth-order valence-corrected chi connectivity index (χ4v) is 2.16. The Balaban J connectivity index is 2.66. The molecular weight excluding hydrogens is 232 g/mol. The number of amides is 2. The van der Waals surface area contributed by atoms with E-state index in [0.717, 1.165) is 0 Å². The van der Waals surface area contributed by atoms with Gasteiger partial charge in [0.25, 0.3) is 0 Å². The van der Waals surface area contributed by atoms with E-state index in [2.05, 4.69) is 19.2 Å². The maximum atomic E-state index is 12.0. The van der Waals surface area contributed by atoms with Crippen LogP contribution in [0, 0.1) is 17.3 Å². The van der Waals surface area contributed by atoms with E-state index in [9.17, 15) is 14.7 Å². The normalized spacial score (nSPS) is 25.9. The summed E-state index contributed by atoms with van der Waals surface area (Å²) in [6.45, 7) is 11.0. The first-order valence-corrected chi connectivity index (χ1v) is 6.41. The summed E-state index contributed by atoms with van der Waals surface area (Å²) in [5.74, 6) is -0.0570. The lowest BCUT2D eigenvalue weighted by Crippen LogP contribution is -2.53. The minimum atomic E-state index is -0.990. The number of carbonyl (C=O) groups is 2. The quantitative estimate of drug-likeness (QED) is 0.791. The molecule has 5 heteroatoms. The van der Waals surface area contributed by atoms with Gasteiger partial charge in [-0.15, -0.1) is 0 Å². The van der Waals surface area contributed by atoms with Gasteiger partial charge in [-0.25, -0.2) is 9.59 Å². The van der Waals surface area contributed by atoms with Crippen molar-refractivity contribution in [1.82, 2.24) is 10.2 Å². The van der Waals surface area contributed by atoms with E-state index in [1.807, 2.05) is 0 Å². The number of rotatable bonds is 2. The third-order valence-corrected chi connectivity index (χ3v) is 3.66. The lowest BCUT2D eigenvalue weighted by atomic mass is 9.87. The number of aliphatic carboxylic acids is 1. The fourth-order valence-electron chi connectivity index (χ4n) is 2.16. The molecule has 1 aliphatic heterocycles. The SMILES string of the molecule is CC1CN(C(=O)N[C@H](C(=O)O)C(C)(C)C)CC1C. The van der Waals surface area contributed by atoms with Crippen LogP contribution in [-0.2, 0) is 4.79 Å². The molecule has 2 N–H and O–H groups in total. The molecule has 1 saturated heterocycles. The third-order valence-electron chi connectivity index (χ3n) is 3.66. The second-order valence-corrected chi connectivity index (χ2v) is 6.45. The maximum Gasteiger partial charge on any atom is 0.326 e. The van der Waals surface area contributed by atoms with Crippen LogP contribution in [0.3, 0.4) is 0 Å². The molecular formula is C13H24N2O3. The van der Waals surface area contributed by atoms with Crippen LogP contribution < -0.4 is 5.32 Å². The highest BCUT2D eigenvalue weighted by Crippen LogP contribution is 2.23. The molecule has 0 spiro atoms. The predicted molar refractivity (Wildman–Crippen MR) is 69.3 cm³/mol. The Morgan fingerprint density at radius 2 is 1.67 bits per heavy atom. The molecule has 2 amide bonds. The van der Waals surface area contributed by atoms with Crippen molar-refractivity contribution in [3.63, 3.8) is 0 Å². The van der Waals surface area contributed by atoms with E-state index in [0.29, 0.717) is 24.9 Å². The first kappa shape index (κ1) is 14.8. The molecule has 1 fully saturated rings. The average Bonchev–Trinajstić information content (AvgIpc) is 2.53. The van der Waals surface area contributed by atoms with Gasteiger partial charge in [-0.3, -0.25) is 0 Å². The average molecular weight is 256 g/mol. The third kappa shape index (κ3) is 3.37. The zero-order chi connectivity index (χ0) is 14.1. The van der Waals surface area contributed by atoms with Gasteiger partial charge in [0.05, 0.1) is 0 Å². The van der Waals surface area contributed by atoms with Crippen molar-refractivity contribution >= 4 is 12.0 Å². The van der Waals surface area contributed by atoms with Crippen molar-refractivity contribution in [2.45, 2.75) is 40.7 Å². The summed E-state index contributed by atoms with van der Waals surface area (Å²) in [5.41, 5.74) is -0.502. The Kier molecular flexibility index (Phi) is 4.24. The number of urea groups is 1. The second-order valence-electron chi connectivity index (χ2n) is 6.45. The van der Waals surface area contributed by atoms with Crippen LogP contribution in [-0.4, -0.2) is 41.1 Å². The summed E-state index contributed by atoms with van der Waals surface area (Å²) in [6.07, 6.45) is 0. The topological polar surface area (TPSA) is 69.6 Å². The van der Waals surface area contributed by atoms with Crippen LogP contribution >= 0.6 is 0 Å². The summed E-state index contributed by atoms with van der Waals surface area (Å²) >= 11 is 0. The number of carboxylic acid groups (broad SMARTS) is 1. The van der Waals surface area contributed by atoms with Crippen LogP contribution in [0.1, 0.15) is 34.6 Å². The summed E-state index contributed by atoms with van der Waals surface area (Å²) in [6, 6.07) is -1.13. The molecule has 0 saturated carbocycles. The number of hydrogen-bond donors (Lipinski definition) is 2. The highest BCUT2D eigenvalue weighted by Gasteiger charge is 2.36. The molecule has 0 aliphatic carbocycles. The number of nitrogens with zero attached hydrogens (tertiary/aromatic N) is 1. The van der Waals surface area contributed by atoms with E-state index in [1.165, 1.54) is 0 Å². The van der Waals surface area contributed by atoms with Crippen molar-refractivity contribution < 1.29 is 14.7 Å². The molecule has 3 atom stereocenters. The lowest BCUT2D eigenvalue weighted by molar-refractivity contribution is -0.142. The zero-order valence-electron chi connectivity index (χ0n) is 11.9. The van der Waals surface area contributed by atoms with Gasteiger partial charge < -0.3 is 15.3 Å². The van der Waals surface area contributed by atoms with Crippen molar-refractivity contribution in [2.75, 3.05) is 13.1 Å². The van der Waals surface area contributed by atoms with Crippen LogP contribution in [0.25, 0.3) is 0 Å². The zero-order valence-corrected chi connectivity index (χ0v) is 11.9. The molecule has 1 aliphatic rings. The molecule has 5 nitrogen and oxygen atoms in total. The Hall–Kier alpha value is -1.26. The highest BCUT2D eigenvalue weighted by molar-refractivity contribution is 5.83. The second kappa shape index (κ2) is 5.16. The molecule has 0 radical (unpaired) electrons. The molecule has 2 unspecified atom stereocenters. The Morgan fingerprint density at radius 1 is 1.22 bits per heavy atom.